The molecule has 2 heterocycles. The van der Waals surface area contributed by atoms with E-state index >= 15 is 0 Å². The van der Waals surface area contributed by atoms with Crippen molar-refractivity contribution in [2.75, 3.05) is 6.54 Å². The van der Waals surface area contributed by atoms with Gasteiger partial charge in [-0.2, -0.15) is 0 Å². The molecule has 1 aliphatic rings. The van der Waals surface area contributed by atoms with Crippen molar-refractivity contribution >= 4 is 10.9 Å². The van der Waals surface area contributed by atoms with Crippen molar-refractivity contribution in [2.24, 2.45) is 0 Å². The molecule has 1 atom stereocenters. The summed E-state index contributed by atoms with van der Waals surface area (Å²) < 4.78 is 2.32. The fraction of sp³-hybridized carbons (Fsp3) is 0.412. The van der Waals surface area contributed by atoms with Gasteiger partial charge in [-0.25, -0.2) is 0 Å². The Bertz CT molecular complexity index is 594. The second kappa shape index (κ2) is 5.22. The summed E-state index contributed by atoms with van der Waals surface area (Å²) in [4.78, 5) is 2.55. The number of aryl methyl sites for hydroxylation is 1. The smallest absolute Gasteiger partial charge is 0.0483 e. The van der Waals surface area contributed by atoms with Gasteiger partial charge in [0.2, 0.25) is 0 Å². The first-order valence-corrected chi connectivity index (χ1v) is 7.31. The van der Waals surface area contributed by atoms with Gasteiger partial charge in [-0.3, -0.25) is 4.90 Å². The van der Waals surface area contributed by atoms with Crippen molar-refractivity contribution < 1.29 is 0 Å². The largest absolute Gasteiger partial charge is 0.348 e. The molecule has 3 rings (SSSR count). The lowest BCUT2D eigenvalue weighted by Gasteiger charge is -2.23. The van der Waals surface area contributed by atoms with Gasteiger partial charge in [0.25, 0.3) is 0 Å². The van der Waals surface area contributed by atoms with Crippen LogP contribution in [0.25, 0.3) is 10.9 Å². The SMILES string of the molecule is CCC1C=CCN1Cc1cccc2c1ccn2CC. The van der Waals surface area contributed by atoms with E-state index in [1.54, 1.807) is 0 Å². The molecule has 1 aromatic heterocycles. The second-order valence-electron chi connectivity index (χ2n) is 5.28. The summed E-state index contributed by atoms with van der Waals surface area (Å²) in [5, 5.41) is 1.41. The van der Waals surface area contributed by atoms with Crippen LogP contribution in [-0.4, -0.2) is 22.1 Å². The molecule has 0 aliphatic carbocycles. The second-order valence-corrected chi connectivity index (χ2v) is 5.28. The van der Waals surface area contributed by atoms with E-state index < -0.39 is 0 Å². The van der Waals surface area contributed by atoms with Crippen LogP contribution >= 0.6 is 0 Å². The lowest BCUT2D eigenvalue weighted by molar-refractivity contribution is 0.259. The summed E-state index contributed by atoms with van der Waals surface area (Å²) in [5.74, 6) is 0. The average Bonchev–Trinajstić information content (AvgIpc) is 3.05. The van der Waals surface area contributed by atoms with Crippen LogP contribution in [0.3, 0.4) is 0 Å². The third kappa shape index (κ3) is 2.21. The molecular formula is C17H22N2. The van der Waals surface area contributed by atoms with Crippen LogP contribution in [0.4, 0.5) is 0 Å². The van der Waals surface area contributed by atoms with Gasteiger partial charge in [0, 0.05) is 42.8 Å². The zero-order valence-electron chi connectivity index (χ0n) is 11.8. The van der Waals surface area contributed by atoms with Gasteiger partial charge in [-0.15, -0.1) is 0 Å². The molecule has 1 aliphatic heterocycles. The monoisotopic (exact) mass is 254 g/mol. The molecule has 0 N–H and O–H groups in total. The zero-order chi connectivity index (χ0) is 13.2. The fourth-order valence-electron chi connectivity index (χ4n) is 3.11. The quantitative estimate of drug-likeness (QED) is 0.753. The van der Waals surface area contributed by atoms with E-state index in [1.165, 1.54) is 22.9 Å². The highest BCUT2D eigenvalue weighted by atomic mass is 15.2. The molecule has 19 heavy (non-hydrogen) atoms. The fourth-order valence-corrected chi connectivity index (χ4v) is 3.11. The first-order chi connectivity index (χ1) is 9.33. The Morgan fingerprint density at radius 1 is 1.21 bits per heavy atom. The summed E-state index contributed by atoms with van der Waals surface area (Å²) in [6, 6.07) is 9.56. The average molecular weight is 254 g/mol. The predicted octanol–water partition coefficient (Wildman–Crippen LogP) is 3.81. The Morgan fingerprint density at radius 3 is 2.89 bits per heavy atom. The van der Waals surface area contributed by atoms with Crippen molar-refractivity contribution in [3.05, 3.63) is 48.2 Å². The molecule has 0 spiro atoms. The van der Waals surface area contributed by atoms with Crippen LogP contribution in [0, 0.1) is 0 Å². The van der Waals surface area contributed by atoms with Crippen LogP contribution in [0.1, 0.15) is 25.8 Å². The van der Waals surface area contributed by atoms with Gasteiger partial charge in [-0.05, 0) is 31.0 Å². The van der Waals surface area contributed by atoms with Gasteiger partial charge in [0.1, 0.15) is 0 Å². The molecule has 100 valence electrons. The van der Waals surface area contributed by atoms with Crippen LogP contribution in [0.2, 0.25) is 0 Å². The van der Waals surface area contributed by atoms with Gasteiger partial charge in [-0.1, -0.05) is 31.2 Å². The summed E-state index contributed by atoms with van der Waals surface area (Å²) in [6.07, 6.45) is 8.04. The van der Waals surface area contributed by atoms with Crippen molar-refractivity contribution in [1.29, 1.82) is 0 Å². The molecule has 2 heteroatoms. The summed E-state index contributed by atoms with van der Waals surface area (Å²) in [6.45, 7) is 7.64. The number of fused-ring (bicyclic) bond motifs is 1. The Hall–Kier alpha value is -1.54. The first-order valence-electron chi connectivity index (χ1n) is 7.31. The molecule has 0 amide bonds. The summed E-state index contributed by atoms with van der Waals surface area (Å²) >= 11 is 0. The Labute approximate surface area is 115 Å². The van der Waals surface area contributed by atoms with Crippen LogP contribution in [0.15, 0.2) is 42.6 Å². The normalized spacial score (nSPS) is 19.6. The molecule has 0 saturated carbocycles. The number of hydrogen-bond acceptors (Lipinski definition) is 1. The Morgan fingerprint density at radius 2 is 2.11 bits per heavy atom. The minimum atomic E-state index is 0.614. The molecule has 2 aromatic rings. The van der Waals surface area contributed by atoms with Gasteiger partial charge in [0.15, 0.2) is 0 Å². The van der Waals surface area contributed by atoms with E-state index in [2.05, 4.69) is 65.9 Å². The summed E-state index contributed by atoms with van der Waals surface area (Å²) in [7, 11) is 0. The van der Waals surface area contributed by atoms with E-state index in [4.69, 9.17) is 0 Å². The number of rotatable bonds is 4. The molecule has 0 bridgehead atoms. The molecule has 0 saturated heterocycles. The highest BCUT2D eigenvalue weighted by Crippen LogP contribution is 2.24. The number of nitrogens with zero attached hydrogens (tertiary/aromatic N) is 2. The topological polar surface area (TPSA) is 8.17 Å². The van der Waals surface area contributed by atoms with Crippen molar-refractivity contribution in [2.45, 2.75) is 39.4 Å². The Kier molecular flexibility index (Phi) is 3.43. The molecular weight excluding hydrogens is 232 g/mol. The maximum Gasteiger partial charge on any atom is 0.0483 e. The maximum absolute atomic E-state index is 2.55. The van der Waals surface area contributed by atoms with Crippen molar-refractivity contribution in [3.63, 3.8) is 0 Å². The molecule has 0 fully saturated rings. The first kappa shape index (κ1) is 12.5. The lowest BCUT2D eigenvalue weighted by Crippen LogP contribution is -2.28. The minimum Gasteiger partial charge on any atom is -0.348 e. The molecule has 0 radical (unpaired) electrons. The van der Waals surface area contributed by atoms with Crippen LogP contribution in [-0.2, 0) is 13.1 Å². The molecule has 1 aromatic carbocycles. The predicted molar refractivity (Wildman–Crippen MR) is 81.2 cm³/mol. The number of benzene rings is 1. The highest BCUT2D eigenvalue weighted by molar-refractivity contribution is 5.83. The van der Waals surface area contributed by atoms with E-state index in [0.717, 1.165) is 19.6 Å². The third-order valence-corrected chi connectivity index (χ3v) is 4.20. The van der Waals surface area contributed by atoms with Crippen molar-refractivity contribution in [3.8, 4) is 0 Å². The van der Waals surface area contributed by atoms with E-state index in [-0.39, 0.29) is 0 Å². The van der Waals surface area contributed by atoms with E-state index in [0.29, 0.717) is 6.04 Å². The van der Waals surface area contributed by atoms with E-state index in [9.17, 15) is 0 Å². The molecule has 1 unspecified atom stereocenters. The van der Waals surface area contributed by atoms with Crippen LogP contribution in [0.5, 0.6) is 0 Å². The number of aromatic nitrogens is 1. The third-order valence-electron chi connectivity index (χ3n) is 4.20. The standard InChI is InChI=1S/C17H22N2/c1-3-15-8-6-11-19(15)13-14-7-5-9-17-16(14)10-12-18(17)4-2/h5-10,12,15H,3-4,11,13H2,1-2H3. The Balaban J connectivity index is 1.91. The maximum atomic E-state index is 2.55. The van der Waals surface area contributed by atoms with Gasteiger partial charge >= 0.3 is 0 Å². The van der Waals surface area contributed by atoms with Crippen LogP contribution < -0.4 is 0 Å². The zero-order valence-corrected chi connectivity index (χ0v) is 11.8. The van der Waals surface area contributed by atoms with E-state index in [1.807, 2.05) is 0 Å². The lowest BCUT2D eigenvalue weighted by atomic mass is 10.1. The molecule has 2 nitrogen and oxygen atoms in total. The summed E-state index contributed by atoms with van der Waals surface area (Å²) in [5.41, 5.74) is 2.81. The highest BCUT2D eigenvalue weighted by Gasteiger charge is 2.18. The minimum absolute atomic E-state index is 0.614. The van der Waals surface area contributed by atoms with Gasteiger partial charge in [0.05, 0.1) is 0 Å². The number of hydrogen-bond donors (Lipinski definition) is 0. The van der Waals surface area contributed by atoms with Crippen molar-refractivity contribution in [1.82, 2.24) is 9.47 Å². The van der Waals surface area contributed by atoms with Gasteiger partial charge < -0.3 is 4.57 Å².